The summed E-state index contributed by atoms with van der Waals surface area (Å²) in [7, 11) is 0. The molecule has 12 heteroatoms. The van der Waals surface area contributed by atoms with E-state index in [0.717, 1.165) is 35.7 Å². The van der Waals surface area contributed by atoms with Crippen LogP contribution in [-0.2, 0) is 26.2 Å². The van der Waals surface area contributed by atoms with Crippen LogP contribution in [-0.4, -0.2) is 49.9 Å². The highest BCUT2D eigenvalue weighted by molar-refractivity contribution is 7.09. The number of carbonyl (C=O) groups is 2. The number of aromatic nitrogens is 2. The standard InChI is InChI=1S/C31H29F2N5O4S/c1-19-9-11-36(16-25-34-10-12-43-25)26-17-37-15-23(30(40)35-14-21-7-8-22(32)13-24(21)33)28(39)29(27(37)31(41)38(19)26)42-18-20-5-3-2-4-6-20/h2-8,10,12-13,15,19,26H,9,11,14,16-18H2,1H3,(H,35,40)/t19-,26-/m0/s1. The molecule has 222 valence electrons. The number of pyridine rings is 1. The molecule has 4 aromatic rings. The first-order chi connectivity index (χ1) is 20.8. The van der Waals surface area contributed by atoms with Crippen LogP contribution in [0, 0.1) is 11.6 Å². The van der Waals surface area contributed by atoms with E-state index >= 15 is 0 Å². The number of halogens is 2. The molecule has 6 rings (SSSR count). The van der Waals surface area contributed by atoms with Crippen molar-refractivity contribution in [3.63, 3.8) is 0 Å². The van der Waals surface area contributed by atoms with Gasteiger partial charge in [-0.3, -0.25) is 19.3 Å². The maximum absolute atomic E-state index is 14.2. The summed E-state index contributed by atoms with van der Waals surface area (Å²) < 4.78 is 35.2. The fourth-order valence-electron chi connectivity index (χ4n) is 5.60. The maximum Gasteiger partial charge on any atom is 0.276 e. The lowest BCUT2D eigenvalue weighted by molar-refractivity contribution is -0.0364. The monoisotopic (exact) mass is 605 g/mol. The number of hydrogen-bond acceptors (Lipinski definition) is 7. The van der Waals surface area contributed by atoms with Gasteiger partial charge in [0.25, 0.3) is 11.8 Å². The highest BCUT2D eigenvalue weighted by atomic mass is 32.1. The third-order valence-electron chi connectivity index (χ3n) is 7.83. The van der Waals surface area contributed by atoms with Crippen molar-refractivity contribution >= 4 is 23.2 Å². The second-order valence-electron chi connectivity index (χ2n) is 10.6. The van der Waals surface area contributed by atoms with Gasteiger partial charge in [0.15, 0.2) is 11.4 Å². The quantitative estimate of drug-likeness (QED) is 0.324. The molecule has 2 atom stereocenters. The van der Waals surface area contributed by atoms with Crippen LogP contribution in [0.1, 0.15) is 50.3 Å². The Hall–Kier alpha value is -4.42. The van der Waals surface area contributed by atoms with Crippen LogP contribution in [0.4, 0.5) is 8.78 Å². The zero-order chi connectivity index (χ0) is 30.1. The van der Waals surface area contributed by atoms with E-state index in [1.807, 2.05) is 42.6 Å². The summed E-state index contributed by atoms with van der Waals surface area (Å²) in [5.74, 6) is -2.88. The van der Waals surface area contributed by atoms with Crippen molar-refractivity contribution in [2.45, 2.75) is 51.8 Å². The number of benzene rings is 2. The van der Waals surface area contributed by atoms with Gasteiger partial charge in [-0.05, 0) is 25.0 Å². The van der Waals surface area contributed by atoms with Gasteiger partial charge in [-0.2, -0.15) is 0 Å². The van der Waals surface area contributed by atoms with Crippen LogP contribution in [0.25, 0.3) is 0 Å². The minimum absolute atomic E-state index is 0.0113. The molecule has 0 spiro atoms. The van der Waals surface area contributed by atoms with E-state index in [2.05, 4.69) is 15.2 Å². The molecule has 0 unspecified atom stereocenters. The molecule has 0 radical (unpaired) electrons. The Balaban J connectivity index is 1.37. The van der Waals surface area contributed by atoms with Gasteiger partial charge >= 0.3 is 0 Å². The first kappa shape index (κ1) is 28.7. The lowest BCUT2D eigenvalue weighted by Gasteiger charge is -2.50. The second kappa shape index (κ2) is 12.1. The van der Waals surface area contributed by atoms with Gasteiger partial charge in [-0.1, -0.05) is 36.4 Å². The molecular formula is C31H29F2N5O4S. The lowest BCUT2D eigenvalue weighted by atomic mass is 10.0. The second-order valence-corrected chi connectivity index (χ2v) is 11.6. The molecule has 2 aliphatic heterocycles. The number of thiazole rings is 1. The number of ether oxygens (including phenoxy) is 1. The van der Waals surface area contributed by atoms with Crippen molar-refractivity contribution in [2.24, 2.45) is 0 Å². The smallest absolute Gasteiger partial charge is 0.276 e. The molecule has 9 nitrogen and oxygen atoms in total. The van der Waals surface area contributed by atoms with E-state index < -0.39 is 23.0 Å². The summed E-state index contributed by atoms with van der Waals surface area (Å²) in [6.45, 7) is 3.34. The number of fused-ring (bicyclic) bond motifs is 2. The minimum Gasteiger partial charge on any atom is -0.483 e. The van der Waals surface area contributed by atoms with E-state index in [1.54, 1.807) is 15.7 Å². The molecule has 2 aliphatic rings. The Morgan fingerprint density at radius 1 is 1.16 bits per heavy atom. The lowest BCUT2D eigenvalue weighted by Crippen LogP contribution is -2.63. The molecule has 0 aliphatic carbocycles. The molecule has 2 amide bonds. The summed E-state index contributed by atoms with van der Waals surface area (Å²) in [4.78, 5) is 49.6. The molecule has 43 heavy (non-hydrogen) atoms. The van der Waals surface area contributed by atoms with Crippen LogP contribution in [0.15, 0.2) is 71.1 Å². The molecule has 2 aromatic carbocycles. The van der Waals surface area contributed by atoms with Gasteiger partial charge in [0.05, 0.1) is 13.1 Å². The van der Waals surface area contributed by atoms with Crippen LogP contribution in [0.2, 0.25) is 0 Å². The van der Waals surface area contributed by atoms with Gasteiger partial charge in [0.1, 0.15) is 35.0 Å². The number of rotatable bonds is 8. The maximum atomic E-state index is 14.2. The van der Waals surface area contributed by atoms with Crippen LogP contribution in [0.5, 0.6) is 5.75 Å². The summed E-state index contributed by atoms with van der Waals surface area (Å²) in [6.07, 6.45) is 3.54. The largest absolute Gasteiger partial charge is 0.483 e. The Kier molecular flexibility index (Phi) is 8.04. The third kappa shape index (κ3) is 5.80. The van der Waals surface area contributed by atoms with Crippen molar-refractivity contribution in [3.05, 3.63) is 116 Å². The number of hydrogen-bond donors (Lipinski definition) is 1. The summed E-state index contributed by atoms with van der Waals surface area (Å²) in [5.41, 5.74) is -0.0554. The van der Waals surface area contributed by atoms with Gasteiger partial charge in [0.2, 0.25) is 5.43 Å². The normalized spacial score (nSPS) is 18.2. The Morgan fingerprint density at radius 3 is 2.72 bits per heavy atom. The summed E-state index contributed by atoms with van der Waals surface area (Å²) in [6, 6.07) is 12.2. The third-order valence-corrected chi connectivity index (χ3v) is 8.60. The average Bonchev–Trinajstić information content (AvgIpc) is 3.51. The summed E-state index contributed by atoms with van der Waals surface area (Å²) in [5, 5.41) is 5.39. The van der Waals surface area contributed by atoms with E-state index in [1.165, 1.54) is 23.6 Å². The fraction of sp³-hybridized carbons (Fsp3) is 0.290. The molecule has 0 bridgehead atoms. The van der Waals surface area contributed by atoms with E-state index in [4.69, 9.17) is 4.74 Å². The molecule has 1 N–H and O–H groups in total. The Labute approximate surface area is 250 Å². The molecule has 1 saturated heterocycles. The predicted molar refractivity (Wildman–Crippen MR) is 156 cm³/mol. The first-order valence-corrected chi connectivity index (χ1v) is 14.8. The number of nitrogens with one attached hydrogen (secondary N) is 1. The number of amides is 2. The van der Waals surface area contributed by atoms with Crippen molar-refractivity contribution in [3.8, 4) is 5.75 Å². The van der Waals surface area contributed by atoms with E-state index in [0.29, 0.717) is 13.1 Å². The zero-order valence-electron chi connectivity index (χ0n) is 23.3. The highest BCUT2D eigenvalue weighted by Gasteiger charge is 2.44. The van der Waals surface area contributed by atoms with Crippen molar-refractivity contribution in [1.82, 2.24) is 24.7 Å². The van der Waals surface area contributed by atoms with Crippen LogP contribution < -0.4 is 15.5 Å². The number of carbonyl (C=O) groups excluding carboxylic acids is 2. The van der Waals surface area contributed by atoms with Crippen molar-refractivity contribution < 1.29 is 23.1 Å². The molecule has 2 aromatic heterocycles. The number of nitrogens with zero attached hydrogens (tertiary/aromatic N) is 4. The Bertz CT molecular complexity index is 1710. The van der Waals surface area contributed by atoms with E-state index in [-0.39, 0.29) is 53.8 Å². The van der Waals surface area contributed by atoms with Crippen molar-refractivity contribution in [2.75, 3.05) is 6.54 Å². The highest BCUT2D eigenvalue weighted by Crippen LogP contribution is 2.32. The molecule has 4 heterocycles. The SMILES string of the molecule is C[C@H]1CCN(Cc2nccs2)[C@@H]2Cn3cc(C(=O)NCc4ccc(F)cc4F)c(=O)c(OCc4ccccc4)c3C(=O)N12. The van der Waals surface area contributed by atoms with Gasteiger partial charge in [0, 0.05) is 48.5 Å². The zero-order valence-corrected chi connectivity index (χ0v) is 24.2. The first-order valence-electron chi connectivity index (χ1n) is 13.9. The van der Waals surface area contributed by atoms with Gasteiger partial charge in [-0.25, -0.2) is 13.8 Å². The van der Waals surface area contributed by atoms with Crippen LogP contribution >= 0.6 is 11.3 Å². The fourth-order valence-corrected chi connectivity index (χ4v) is 6.24. The van der Waals surface area contributed by atoms with E-state index in [9.17, 15) is 23.2 Å². The van der Waals surface area contributed by atoms with Gasteiger partial charge < -0.3 is 19.5 Å². The van der Waals surface area contributed by atoms with Crippen molar-refractivity contribution in [1.29, 1.82) is 0 Å². The minimum atomic E-state index is -0.813. The molecule has 0 saturated carbocycles. The predicted octanol–water partition coefficient (Wildman–Crippen LogP) is 4.17. The molecular weight excluding hydrogens is 576 g/mol. The molecule has 1 fully saturated rings. The van der Waals surface area contributed by atoms with Crippen LogP contribution in [0.3, 0.4) is 0 Å². The summed E-state index contributed by atoms with van der Waals surface area (Å²) >= 11 is 1.54. The van der Waals surface area contributed by atoms with Gasteiger partial charge in [-0.15, -0.1) is 11.3 Å². The average molecular weight is 606 g/mol. The topological polar surface area (TPSA) is 96.8 Å². The Morgan fingerprint density at radius 2 is 1.98 bits per heavy atom.